The zero-order valence-corrected chi connectivity index (χ0v) is 16.0. The molecule has 4 heteroatoms. The molecule has 0 amide bonds. The molecule has 0 unspecified atom stereocenters. The first kappa shape index (κ1) is 18.9. The molecule has 0 bridgehead atoms. The average molecular weight is 364 g/mol. The molecule has 0 atom stereocenters. The molecule has 140 valence electrons. The molecule has 0 spiro atoms. The Morgan fingerprint density at radius 2 is 1.81 bits per heavy atom. The highest BCUT2D eigenvalue weighted by Gasteiger charge is 2.10. The summed E-state index contributed by atoms with van der Waals surface area (Å²) in [5.41, 5.74) is 4.55. The van der Waals surface area contributed by atoms with E-state index in [1.807, 2.05) is 19.1 Å². The Morgan fingerprint density at radius 1 is 1.00 bits per heavy atom. The zero-order valence-electron chi connectivity index (χ0n) is 16.0. The number of carbonyl (C=O) groups is 1. The van der Waals surface area contributed by atoms with E-state index < -0.39 is 0 Å². The van der Waals surface area contributed by atoms with Gasteiger partial charge in [0.25, 0.3) is 0 Å². The van der Waals surface area contributed by atoms with Gasteiger partial charge in [0.1, 0.15) is 11.3 Å². The first-order chi connectivity index (χ1) is 13.0. The van der Waals surface area contributed by atoms with Gasteiger partial charge in [0.05, 0.1) is 0 Å². The molecule has 0 fully saturated rings. The van der Waals surface area contributed by atoms with E-state index >= 15 is 0 Å². The van der Waals surface area contributed by atoms with Gasteiger partial charge in [-0.1, -0.05) is 37.1 Å². The maximum absolute atomic E-state index is 12.2. The van der Waals surface area contributed by atoms with Crippen molar-refractivity contribution in [3.63, 3.8) is 0 Å². The zero-order chi connectivity index (χ0) is 19.4. The number of hydrogen-bond acceptors (Lipinski definition) is 4. The second-order valence-electron chi connectivity index (χ2n) is 6.90. The molecule has 0 aliphatic rings. The lowest BCUT2D eigenvalue weighted by Gasteiger charge is -2.09. The Balaban J connectivity index is 1.72. The SMILES string of the molecule is CCCc1cc(=O)oc2cc(OC(=O)CCc3ccc(C)cc3C)ccc12. The highest BCUT2D eigenvalue weighted by molar-refractivity contribution is 5.82. The molecule has 0 N–H and O–H groups in total. The van der Waals surface area contributed by atoms with Crippen molar-refractivity contribution >= 4 is 16.9 Å². The van der Waals surface area contributed by atoms with Crippen molar-refractivity contribution in [2.75, 3.05) is 0 Å². The second-order valence-corrected chi connectivity index (χ2v) is 6.90. The number of hydrogen-bond donors (Lipinski definition) is 0. The van der Waals surface area contributed by atoms with Crippen molar-refractivity contribution in [2.24, 2.45) is 0 Å². The molecule has 0 saturated carbocycles. The van der Waals surface area contributed by atoms with Gasteiger partial charge in [-0.3, -0.25) is 4.79 Å². The minimum Gasteiger partial charge on any atom is -0.426 e. The van der Waals surface area contributed by atoms with E-state index in [2.05, 4.69) is 26.0 Å². The van der Waals surface area contributed by atoms with Crippen molar-refractivity contribution in [1.29, 1.82) is 0 Å². The first-order valence-electron chi connectivity index (χ1n) is 9.30. The van der Waals surface area contributed by atoms with Gasteiger partial charge in [0.2, 0.25) is 0 Å². The van der Waals surface area contributed by atoms with E-state index in [1.54, 1.807) is 12.1 Å². The molecular formula is C23H24O4. The molecule has 27 heavy (non-hydrogen) atoms. The lowest BCUT2D eigenvalue weighted by atomic mass is 10.0. The molecule has 1 heterocycles. The monoisotopic (exact) mass is 364 g/mol. The van der Waals surface area contributed by atoms with Crippen LogP contribution < -0.4 is 10.4 Å². The fourth-order valence-corrected chi connectivity index (χ4v) is 3.30. The van der Waals surface area contributed by atoms with Crippen LogP contribution in [0.2, 0.25) is 0 Å². The minimum absolute atomic E-state index is 0.293. The highest BCUT2D eigenvalue weighted by atomic mass is 16.5. The summed E-state index contributed by atoms with van der Waals surface area (Å²) >= 11 is 0. The summed E-state index contributed by atoms with van der Waals surface area (Å²) < 4.78 is 10.7. The van der Waals surface area contributed by atoms with Crippen LogP contribution in [0.25, 0.3) is 11.0 Å². The smallest absolute Gasteiger partial charge is 0.336 e. The van der Waals surface area contributed by atoms with Gasteiger partial charge in [0, 0.05) is 23.9 Å². The number of rotatable bonds is 6. The van der Waals surface area contributed by atoms with Gasteiger partial charge in [-0.25, -0.2) is 4.79 Å². The maximum Gasteiger partial charge on any atom is 0.336 e. The van der Waals surface area contributed by atoms with Crippen molar-refractivity contribution in [3.05, 3.63) is 75.1 Å². The third kappa shape index (κ3) is 4.64. The van der Waals surface area contributed by atoms with Gasteiger partial charge in [0.15, 0.2) is 0 Å². The number of ether oxygens (including phenoxy) is 1. The third-order valence-electron chi connectivity index (χ3n) is 4.65. The lowest BCUT2D eigenvalue weighted by Crippen LogP contribution is -2.09. The van der Waals surface area contributed by atoms with E-state index in [-0.39, 0.29) is 11.6 Å². The largest absolute Gasteiger partial charge is 0.426 e. The Hall–Kier alpha value is -2.88. The molecule has 0 radical (unpaired) electrons. The van der Waals surface area contributed by atoms with Gasteiger partial charge in [-0.15, -0.1) is 0 Å². The Bertz CT molecular complexity index is 1030. The second kappa shape index (κ2) is 8.21. The maximum atomic E-state index is 12.2. The van der Waals surface area contributed by atoms with Crippen molar-refractivity contribution in [2.45, 2.75) is 46.5 Å². The van der Waals surface area contributed by atoms with E-state index in [9.17, 15) is 9.59 Å². The lowest BCUT2D eigenvalue weighted by molar-refractivity contribution is -0.134. The minimum atomic E-state index is -0.385. The van der Waals surface area contributed by atoms with Crippen LogP contribution in [-0.2, 0) is 17.6 Å². The van der Waals surface area contributed by atoms with Crippen LogP contribution in [0.4, 0.5) is 0 Å². The predicted octanol–water partition coefficient (Wildman–Crippen LogP) is 4.90. The van der Waals surface area contributed by atoms with Crippen LogP contribution in [-0.4, -0.2) is 5.97 Å². The summed E-state index contributed by atoms with van der Waals surface area (Å²) in [6.07, 6.45) is 2.67. The summed E-state index contributed by atoms with van der Waals surface area (Å²) in [6, 6.07) is 12.9. The van der Waals surface area contributed by atoms with Crippen LogP contribution in [0.15, 0.2) is 51.7 Å². The number of benzene rings is 2. The first-order valence-corrected chi connectivity index (χ1v) is 9.30. The van der Waals surface area contributed by atoms with Gasteiger partial charge in [-0.05, 0) is 55.5 Å². The highest BCUT2D eigenvalue weighted by Crippen LogP contribution is 2.24. The van der Waals surface area contributed by atoms with E-state index in [0.29, 0.717) is 24.2 Å². The summed E-state index contributed by atoms with van der Waals surface area (Å²) in [7, 11) is 0. The molecule has 0 aliphatic heterocycles. The van der Waals surface area contributed by atoms with Crippen LogP contribution in [0, 0.1) is 13.8 Å². The van der Waals surface area contributed by atoms with E-state index in [0.717, 1.165) is 29.4 Å². The quantitative estimate of drug-likeness (QED) is 0.355. The predicted molar refractivity (Wildman–Crippen MR) is 106 cm³/mol. The summed E-state index contributed by atoms with van der Waals surface area (Å²) in [6.45, 7) is 6.16. The van der Waals surface area contributed by atoms with Crippen molar-refractivity contribution in [1.82, 2.24) is 0 Å². The van der Waals surface area contributed by atoms with Crippen molar-refractivity contribution < 1.29 is 13.9 Å². The third-order valence-corrected chi connectivity index (χ3v) is 4.65. The number of fused-ring (bicyclic) bond motifs is 1. The molecule has 2 aromatic carbocycles. The molecule has 3 rings (SSSR count). The fraction of sp³-hybridized carbons (Fsp3) is 0.304. The molecular weight excluding hydrogens is 340 g/mol. The van der Waals surface area contributed by atoms with Gasteiger partial charge >= 0.3 is 11.6 Å². The van der Waals surface area contributed by atoms with Crippen molar-refractivity contribution in [3.8, 4) is 5.75 Å². The average Bonchev–Trinajstić information content (AvgIpc) is 2.61. The van der Waals surface area contributed by atoms with Crippen LogP contribution in [0.3, 0.4) is 0 Å². The van der Waals surface area contributed by atoms with E-state index in [1.165, 1.54) is 17.2 Å². The molecule has 4 nitrogen and oxygen atoms in total. The summed E-state index contributed by atoms with van der Waals surface area (Å²) in [4.78, 5) is 24.0. The van der Waals surface area contributed by atoms with Gasteiger partial charge < -0.3 is 9.15 Å². The Morgan fingerprint density at radius 3 is 2.56 bits per heavy atom. The van der Waals surface area contributed by atoms with E-state index in [4.69, 9.17) is 9.15 Å². The number of aryl methyl sites for hydroxylation is 4. The normalized spacial score (nSPS) is 10.9. The van der Waals surface area contributed by atoms with Crippen LogP contribution in [0.1, 0.15) is 42.0 Å². The van der Waals surface area contributed by atoms with Gasteiger partial charge in [-0.2, -0.15) is 0 Å². The standard InChI is InChI=1S/C23H24O4/c1-4-5-18-13-23(25)27-21-14-19(9-10-20(18)21)26-22(24)11-8-17-7-6-15(2)12-16(17)3/h6-7,9-10,12-14H,4-5,8,11H2,1-3H3. The Kier molecular flexibility index (Phi) is 5.75. The molecule has 0 aliphatic carbocycles. The molecule has 0 saturated heterocycles. The Labute approximate surface area is 158 Å². The summed E-state index contributed by atoms with van der Waals surface area (Å²) in [5, 5.41) is 0.881. The fourth-order valence-electron chi connectivity index (χ4n) is 3.30. The summed E-state index contributed by atoms with van der Waals surface area (Å²) in [5.74, 6) is 0.0892. The van der Waals surface area contributed by atoms with Crippen LogP contribution >= 0.6 is 0 Å². The van der Waals surface area contributed by atoms with Crippen LogP contribution in [0.5, 0.6) is 5.75 Å². The molecule has 1 aromatic heterocycles. The molecule has 3 aromatic rings. The number of esters is 1. The topological polar surface area (TPSA) is 56.5 Å². The number of carbonyl (C=O) groups excluding carboxylic acids is 1.